The van der Waals surface area contributed by atoms with Gasteiger partial charge in [0.1, 0.15) is 17.9 Å². The van der Waals surface area contributed by atoms with Crippen LogP contribution in [0.4, 0.5) is 0 Å². The number of ether oxygens (including phenoxy) is 2. The zero-order valence-electron chi connectivity index (χ0n) is 14.2. The van der Waals surface area contributed by atoms with Gasteiger partial charge in [-0.15, -0.1) is 11.8 Å². The summed E-state index contributed by atoms with van der Waals surface area (Å²) in [5.41, 5.74) is 0.215. The fourth-order valence-electron chi connectivity index (χ4n) is 2.62. The van der Waals surface area contributed by atoms with Gasteiger partial charge in [0.2, 0.25) is 5.91 Å². The zero-order chi connectivity index (χ0) is 17.4. The fraction of sp³-hybridized carbons (Fsp3) is 0.688. The monoisotopic (exact) mass is 341 g/mol. The van der Waals surface area contributed by atoms with Crippen LogP contribution in [-0.2, 0) is 23.9 Å². The van der Waals surface area contributed by atoms with Crippen molar-refractivity contribution in [2.75, 3.05) is 12.4 Å². The standard InChI is InChI=1S/C16H23NO5S/c1-6-11-13(19)17-12(15(20)22-16(3,4)5)10(7-21-9(2)18)8-23-14(11)17/h11,14H,6-8H2,1-5H3/t11-,14?/m0/s1. The van der Waals surface area contributed by atoms with Gasteiger partial charge in [-0.25, -0.2) is 4.79 Å². The first kappa shape index (κ1) is 17.8. The summed E-state index contributed by atoms with van der Waals surface area (Å²) in [6, 6.07) is 0. The van der Waals surface area contributed by atoms with Crippen LogP contribution in [0.1, 0.15) is 41.0 Å². The molecule has 128 valence electrons. The van der Waals surface area contributed by atoms with Gasteiger partial charge in [0.25, 0.3) is 0 Å². The maximum atomic E-state index is 12.6. The Hall–Kier alpha value is -1.50. The van der Waals surface area contributed by atoms with Crippen molar-refractivity contribution in [3.05, 3.63) is 11.3 Å². The third-order valence-electron chi connectivity index (χ3n) is 3.64. The molecule has 1 amide bonds. The molecule has 0 bridgehead atoms. The summed E-state index contributed by atoms with van der Waals surface area (Å²) >= 11 is 1.60. The molecule has 0 aliphatic carbocycles. The van der Waals surface area contributed by atoms with Crippen molar-refractivity contribution in [3.63, 3.8) is 0 Å². The largest absolute Gasteiger partial charge is 0.461 e. The minimum absolute atomic E-state index is 0.00417. The molecule has 2 heterocycles. The molecule has 1 saturated heterocycles. The van der Waals surface area contributed by atoms with Crippen molar-refractivity contribution in [3.8, 4) is 0 Å². The number of hydrogen-bond acceptors (Lipinski definition) is 6. The molecule has 0 saturated carbocycles. The molecule has 0 spiro atoms. The van der Waals surface area contributed by atoms with Gasteiger partial charge in [-0.3, -0.25) is 14.5 Å². The highest BCUT2D eigenvalue weighted by atomic mass is 32.2. The van der Waals surface area contributed by atoms with E-state index >= 15 is 0 Å². The first-order chi connectivity index (χ1) is 10.7. The van der Waals surface area contributed by atoms with Gasteiger partial charge in [-0.1, -0.05) is 6.92 Å². The van der Waals surface area contributed by atoms with E-state index in [-0.39, 0.29) is 29.5 Å². The van der Waals surface area contributed by atoms with Crippen LogP contribution in [0, 0.1) is 5.92 Å². The average molecular weight is 341 g/mol. The molecular weight excluding hydrogens is 318 g/mol. The average Bonchev–Trinajstić information content (AvgIpc) is 2.42. The van der Waals surface area contributed by atoms with E-state index in [1.54, 1.807) is 32.5 Å². The van der Waals surface area contributed by atoms with E-state index in [4.69, 9.17) is 9.47 Å². The molecule has 1 fully saturated rings. The molecule has 23 heavy (non-hydrogen) atoms. The second kappa shape index (κ2) is 6.55. The quantitative estimate of drug-likeness (QED) is 0.576. The van der Waals surface area contributed by atoms with Gasteiger partial charge >= 0.3 is 11.9 Å². The van der Waals surface area contributed by atoms with Gasteiger partial charge in [-0.2, -0.15) is 0 Å². The highest BCUT2D eigenvalue weighted by Crippen LogP contribution is 2.45. The van der Waals surface area contributed by atoms with E-state index < -0.39 is 17.5 Å². The van der Waals surface area contributed by atoms with Crippen molar-refractivity contribution in [1.82, 2.24) is 4.90 Å². The molecule has 0 aromatic heterocycles. The number of carbonyl (C=O) groups excluding carboxylic acids is 3. The van der Waals surface area contributed by atoms with E-state index in [2.05, 4.69) is 0 Å². The number of hydrogen-bond donors (Lipinski definition) is 0. The van der Waals surface area contributed by atoms with E-state index in [9.17, 15) is 14.4 Å². The lowest BCUT2D eigenvalue weighted by Crippen LogP contribution is -2.61. The summed E-state index contributed by atoms with van der Waals surface area (Å²) in [5.74, 6) is -0.534. The molecule has 2 aliphatic heterocycles. The number of amides is 1. The Kier molecular flexibility index (Phi) is 5.08. The summed E-state index contributed by atoms with van der Waals surface area (Å²) < 4.78 is 10.5. The summed E-state index contributed by atoms with van der Waals surface area (Å²) in [6.45, 7) is 8.61. The van der Waals surface area contributed by atoms with E-state index in [0.29, 0.717) is 11.3 Å². The number of esters is 2. The minimum atomic E-state index is -0.658. The minimum Gasteiger partial charge on any atom is -0.461 e. The van der Waals surface area contributed by atoms with Crippen molar-refractivity contribution in [1.29, 1.82) is 0 Å². The van der Waals surface area contributed by atoms with Gasteiger partial charge in [0.05, 0.1) is 11.3 Å². The van der Waals surface area contributed by atoms with Gasteiger partial charge < -0.3 is 9.47 Å². The van der Waals surface area contributed by atoms with Crippen molar-refractivity contribution < 1.29 is 23.9 Å². The number of fused-ring (bicyclic) bond motifs is 1. The molecule has 6 nitrogen and oxygen atoms in total. The summed E-state index contributed by atoms with van der Waals surface area (Å²) in [7, 11) is 0. The molecular formula is C16H23NO5S. The Balaban J connectivity index is 2.31. The summed E-state index contributed by atoms with van der Waals surface area (Å²) in [4.78, 5) is 37.5. The fourth-order valence-corrected chi connectivity index (χ4v) is 4.11. The van der Waals surface area contributed by atoms with Gasteiger partial charge in [-0.05, 0) is 27.2 Å². The second-order valence-electron chi connectivity index (χ2n) is 6.66. The molecule has 2 atom stereocenters. The predicted molar refractivity (Wildman–Crippen MR) is 86.4 cm³/mol. The number of rotatable bonds is 4. The van der Waals surface area contributed by atoms with E-state index in [0.717, 1.165) is 6.42 Å². The van der Waals surface area contributed by atoms with Crippen molar-refractivity contribution in [2.45, 2.75) is 52.0 Å². The van der Waals surface area contributed by atoms with Crippen LogP contribution in [0.3, 0.4) is 0 Å². The lowest BCUT2D eigenvalue weighted by molar-refractivity contribution is -0.160. The Bertz CT molecular complexity index is 563. The molecule has 1 unspecified atom stereocenters. The first-order valence-electron chi connectivity index (χ1n) is 7.69. The highest BCUT2D eigenvalue weighted by Gasteiger charge is 2.53. The van der Waals surface area contributed by atoms with Crippen molar-refractivity contribution >= 4 is 29.6 Å². The normalized spacial score (nSPS) is 24.0. The number of nitrogens with zero attached hydrogens (tertiary/aromatic N) is 1. The topological polar surface area (TPSA) is 72.9 Å². The lowest BCUT2D eigenvalue weighted by Gasteiger charge is -2.50. The van der Waals surface area contributed by atoms with Crippen LogP contribution in [0.15, 0.2) is 11.3 Å². The SMILES string of the molecule is CC[C@H]1C(=O)N2C(C(=O)OC(C)(C)C)=C(COC(C)=O)CSC12. The van der Waals surface area contributed by atoms with Gasteiger partial charge in [0.15, 0.2) is 0 Å². The van der Waals surface area contributed by atoms with Crippen LogP contribution < -0.4 is 0 Å². The van der Waals surface area contributed by atoms with Crippen LogP contribution in [-0.4, -0.2) is 46.1 Å². The smallest absolute Gasteiger partial charge is 0.355 e. The Morgan fingerprint density at radius 1 is 1.35 bits per heavy atom. The van der Waals surface area contributed by atoms with Crippen LogP contribution in [0.5, 0.6) is 0 Å². The molecule has 0 N–H and O–H groups in total. The third-order valence-corrected chi connectivity index (χ3v) is 5.04. The highest BCUT2D eigenvalue weighted by molar-refractivity contribution is 8.00. The Morgan fingerprint density at radius 3 is 2.52 bits per heavy atom. The maximum absolute atomic E-state index is 12.6. The van der Waals surface area contributed by atoms with Crippen LogP contribution >= 0.6 is 11.8 Å². The molecule has 0 radical (unpaired) electrons. The number of thioether (sulfide) groups is 1. The van der Waals surface area contributed by atoms with Crippen LogP contribution in [0.2, 0.25) is 0 Å². The Labute approximate surface area is 140 Å². The summed E-state index contributed by atoms with van der Waals surface area (Å²) in [6.07, 6.45) is 0.744. The third kappa shape index (κ3) is 3.71. The maximum Gasteiger partial charge on any atom is 0.355 e. The first-order valence-corrected chi connectivity index (χ1v) is 8.74. The van der Waals surface area contributed by atoms with E-state index in [1.165, 1.54) is 11.8 Å². The Morgan fingerprint density at radius 2 is 2.00 bits per heavy atom. The lowest BCUT2D eigenvalue weighted by atomic mass is 9.93. The van der Waals surface area contributed by atoms with E-state index in [1.807, 2.05) is 6.92 Å². The number of β-lactam (4-membered cyclic amide) rings is 1. The van der Waals surface area contributed by atoms with Crippen molar-refractivity contribution in [2.24, 2.45) is 5.92 Å². The predicted octanol–water partition coefficient (Wildman–Crippen LogP) is 2.09. The molecule has 2 rings (SSSR count). The zero-order valence-corrected chi connectivity index (χ0v) is 15.0. The molecule has 2 aliphatic rings. The van der Waals surface area contributed by atoms with Gasteiger partial charge in [0, 0.05) is 18.2 Å². The number of carbonyl (C=O) groups is 3. The summed E-state index contributed by atoms with van der Waals surface area (Å²) in [5, 5.41) is -0.0314. The second-order valence-corrected chi connectivity index (χ2v) is 7.76. The molecule has 7 heteroatoms. The van der Waals surface area contributed by atoms with Crippen LogP contribution in [0.25, 0.3) is 0 Å². The molecule has 0 aromatic carbocycles. The molecule has 0 aromatic rings.